The van der Waals surface area contributed by atoms with Crippen LogP contribution in [-0.4, -0.2) is 46.1 Å². The number of carbonyl (C=O) groups is 1. The van der Waals surface area contributed by atoms with E-state index in [1.165, 1.54) is 24.3 Å². The molecule has 0 aromatic heterocycles. The summed E-state index contributed by atoms with van der Waals surface area (Å²) in [6, 6.07) is 7.52. The molecule has 1 N–H and O–H groups in total. The molecule has 2 aliphatic rings. The number of sulfone groups is 1. The molecule has 1 heterocycles. The van der Waals surface area contributed by atoms with Crippen molar-refractivity contribution < 1.29 is 30.4 Å². The summed E-state index contributed by atoms with van der Waals surface area (Å²) in [4.78, 5) is 11.4. The van der Waals surface area contributed by atoms with Crippen LogP contribution in [-0.2, 0) is 29.6 Å². The molecule has 2 aromatic rings. The number of nitrogens with one attached hydrogen (secondary N) is 1. The molecule has 0 radical (unpaired) electrons. The molecule has 0 atom stereocenters. The van der Waals surface area contributed by atoms with Crippen LogP contribution >= 0.6 is 11.6 Å². The van der Waals surface area contributed by atoms with E-state index in [0.29, 0.717) is 5.02 Å². The highest BCUT2D eigenvalue weighted by Gasteiger charge is 2.50. The molecule has 1 aliphatic heterocycles. The molecule has 1 saturated heterocycles. The van der Waals surface area contributed by atoms with Crippen LogP contribution < -0.4 is 4.72 Å². The number of Topliss-reactive ketones (excluding diaryl/α,β-unsaturated/α-hetero) is 1. The molecule has 1 aliphatic carbocycles. The standard InChI is InChI=1S/C22H23ClF2N2O5S2/c23-15-1-4-19(5-2-15)33(29,30)22(20-13-16(24)3-6-21(20)25)10-7-17(8-11-22)26-34(31,32)27-12-9-18(28)14-27/h1-6,13,17,26H,7-12,14H2. The van der Waals surface area contributed by atoms with Crippen LogP contribution in [0.2, 0.25) is 5.02 Å². The highest BCUT2D eigenvalue weighted by Crippen LogP contribution is 2.48. The molecule has 1 saturated carbocycles. The Labute approximate surface area is 202 Å². The molecule has 0 amide bonds. The summed E-state index contributed by atoms with van der Waals surface area (Å²) in [7, 11) is -8.16. The number of nitrogens with zero attached hydrogens (tertiary/aromatic N) is 1. The van der Waals surface area contributed by atoms with Crippen LogP contribution in [0.1, 0.15) is 37.7 Å². The lowest BCUT2D eigenvalue weighted by Crippen LogP contribution is -2.49. The minimum absolute atomic E-state index is 0.0732. The van der Waals surface area contributed by atoms with Gasteiger partial charge in [0.05, 0.1) is 11.4 Å². The summed E-state index contributed by atoms with van der Waals surface area (Å²) in [6.45, 7) is -0.115. The van der Waals surface area contributed by atoms with Gasteiger partial charge < -0.3 is 0 Å². The van der Waals surface area contributed by atoms with Crippen LogP contribution in [0.15, 0.2) is 47.4 Å². The van der Waals surface area contributed by atoms with Gasteiger partial charge in [-0.3, -0.25) is 4.79 Å². The van der Waals surface area contributed by atoms with Crippen LogP contribution in [0, 0.1) is 11.6 Å². The van der Waals surface area contributed by atoms with Crippen molar-refractivity contribution in [2.24, 2.45) is 0 Å². The van der Waals surface area contributed by atoms with E-state index in [2.05, 4.69) is 4.72 Å². The zero-order valence-corrected chi connectivity index (χ0v) is 20.4. The van der Waals surface area contributed by atoms with E-state index in [1.54, 1.807) is 0 Å². The van der Waals surface area contributed by atoms with E-state index >= 15 is 0 Å². The second-order valence-corrected chi connectivity index (χ2v) is 13.0. The highest BCUT2D eigenvalue weighted by molar-refractivity contribution is 7.92. The maximum Gasteiger partial charge on any atom is 0.280 e. The molecule has 4 rings (SSSR count). The maximum absolute atomic E-state index is 14.9. The Morgan fingerprint density at radius 1 is 1.00 bits per heavy atom. The molecule has 2 aromatic carbocycles. The van der Waals surface area contributed by atoms with Gasteiger partial charge in [-0.15, -0.1) is 0 Å². The molecule has 12 heteroatoms. The molecule has 0 bridgehead atoms. The number of ketones is 1. The number of benzene rings is 2. The lowest BCUT2D eigenvalue weighted by molar-refractivity contribution is -0.116. The van der Waals surface area contributed by atoms with Gasteiger partial charge in [0.1, 0.15) is 22.2 Å². The van der Waals surface area contributed by atoms with Crippen molar-refractivity contribution in [3.63, 3.8) is 0 Å². The molecule has 2 fully saturated rings. The fourth-order valence-corrected chi connectivity index (χ4v) is 8.41. The molecule has 0 unspecified atom stereocenters. The van der Waals surface area contributed by atoms with Crippen molar-refractivity contribution in [1.29, 1.82) is 0 Å². The number of halogens is 3. The summed E-state index contributed by atoms with van der Waals surface area (Å²) in [5, 5.41) is 0.323. The van der Waals surface area contributed by atoms with Gasteiger partial charge in [0.2, 0.25) is 0 Å². The van der Waals surface area contributed by atoms with Crippen molar-refractivity contribution in [3.8, 4) is 0 Å². The van der Waals surface area contributed by atoms with Gasteiger partial charge in [-0.1, -0.05) is 11.6 Å². The van der Waals surface area contributed by atoms with E-state index in [4.69, 9.17) is 11.6 Å². The Balaban J connectivity index is 1.67. The monoisotopic (exact) mass is 532 g/mol. The summed E-state index contributed by atoms with van der Waals surface area (Å²) < 4.78 is 83.7. The molecular weight excluding hydrogens is 510 g/mol. The molecule has 7 nitrogen and oxygen atoms in total. The number of hydrogen-bond acceptors (Lipinski definition) is 5. The first-order valence-electron chi connectivity index (χ1n) is 10.7. The van der Waals surface area contributed by atoms with Crippen molar-refractivity contribution in [2.75, 3.05) is 13.1 Å². The van der Waals surface area contributed by atoms with Gasteiger partial charge in [0.25, 0.3) is 10.2 Å². The second-order valence-electron chi connectivity index (χ2n) is 8.60. The van der Waals surface area contributed by atoms with Gasteiger partial charge in [0.15, 0.2) is 9.84 Å². The topological polar surface area (TPSA) is 101 Å². The van der Waals surface area contributed by atoms with E-state index < -0.39 is 42.5 Å². The van der Waals surface area contributed by atoms with Crippen molar-refractivity contribution in [1.82, 2.24) is 9.03 Å². The summed E-state index contributed by atoms with van der Waals surface area (Å²) >= 11 is 5.89. The quantitative estimate of drug-likeness (QED) is 0.615. The Hall–Kier alpha value is -1.92. The second kappa shape index (κ2) is 9.27. The number of carbonyl (C=O) groups excluding carboxylic acids is 1. The zero-order valence-electron chi connectivity index (χ0n) is 18.0. The molecule has 0 spiro atoms. The van der Waals surface area contributed by atoms with E-state index in [9.17, 15) is 30.4 Å². The Bertz CT molecular complexity index is 1310. The molecule has 34 heavy (non-hydrogen) atoms. The van der Waals surface area contributed by atoms with E-state index in [0.717, 1.165) is 22.5 Å². The zero-order chi connectivity index (χ0) is 24.7. The van der Waals surface area contributed by atoms with Crippen molar-refractivity contribution >= 4 is 37.4 Å². The largest absolute Gasteiger partial charge is 0.298 e. The lowest BCUT2D eigenvalue weighted by Gasteiger charge is -2.40. The SMILES string of the molecule is O=C1CCN(S(=O)(=O)NC2CCC(c3cc(F)ccc3F)(S(=O)(=O)c3ccc(Cl)cc3)CC2)C1. The summed E-state index contributed by atoms with van der Waals surface area (Å²) in [6.07, 6.45) is 0.0232. The molecular formula is C22H23ClF2N2O5S2. The van der Waals surface area contributed by atoms with Crippen LogP contribution in [0.25, 0.3) is 0 Å². The fourth-order valence-electron chi connectivity index (χ4n) is 4.67. The lowest BCUT2D eigenvalue weighted by atomic mass is 9.80. The average molecular weight is 533 g/mol. The summed E-state index contributed by atoms with van der Waals surface area (Å²) in [5.41, 5.74) is -0.283. The van der Waals surface area contributed by atoms with Crippen LogP contribution in [0.3, 0.4) is 0 Å². The first-order valence-corrected chi connectivity index (χ1v) is 14.0. The first kappa shape index (κ1) is 25.2. The Kier molecular flexibility index (Phi) is 6.87. The number of hydrogen-bond donors (Lipinski definition) is 1. The van der Waals surface area contributed by atoms with Crippen LogP contribution in [0.4, 0.5) is 8.78 Å². The highest BCUT2D eigenvalue weighted by atomic mass is 35.5. The Morgan fingerprint density at radius 3 is 2.24 bits per heavy atom. The van der Waals surface area contributed by atoms with E-state index in [1.807, 2.05) is 0 Å². The minimum Gasteiger partial charge on any atom is -0.298 e. The average Bonchev–Trinajstić information content (AvgIpc) is 3.23. The van der Waals surface area contributed by atoms with Gasteiger partial charge in [-0.05, 0) is 68.1 Å². The van der Waals surface area contributed by atoms with Gasteiger partial charge in [-0.2, -0.15) is 17.4 Å². The Morgan fingerprint density at radius 2 is 1.65 bits per heavy atom. The third-order valence-corrected chi connectivity index (χ3v) is 10.9. The fraction of sp³-hybridized carbons (Fsp3) is 0.409. The van der Waals surface area contributed by atoms with Gasteiger partial charge in [0, 0.05) is 29.6 Å². The predicted octanol–water partition coefficient (Wildman–Crippen LogP) is 3.34. The van der Waals surface area contributed by atoms with Gasteiger partial charge in [-0.25, -0.2) is 17.2 Å². The minimum atomic E-state index is -4.22. The molecule has 184 valence electrons. The van der Waals surface area contributed by atoms with Crippen molar-refractivity contribution in [2.45, 2.75) is 47.8 Å². The third kappa shape index (κ3) is 4.64. The van der Waals surface area contributed by atoms with Gasteiger partial charge >= 0.3 is 0 Å². The maximum atomic E-state index is 14.9. The smallest absolute Gasteiger partial charge is 0.280 e. The van der Waals surface area contributed by atoms with Crippen molar-refractivity contribution in [3.05, 3.63) is 64.7 Å². The predicted molar refractivity (Wildman–Crippen MR) is 122 cm³/mol. The normalized spacial score (nSPS) is 24.4. The number of rotatable bonds is 6. The third-order valence-electron chi connectivity index (χ3n) is 6.50. The van der Waals surface area contributed by atoms with E-state index in [-0.39, 0.29) is 61.4 Å². The summed E-state index contributed by atoms with van der Waals surface area (Å²) in [5.74, 6) is -1.80. The first-order chi connectivity index (χ1) is 15.9. The van der Waals surface area contributed by atoms with Crippen LogP contribution in [0.5, 0.6) is 0 Å².